The summed E-state index contributed by atoms with van der Waals surface area (Å²) in [4.78, 5) is 12.6. The largest absolute Gasteiger partial charge is 0.394 e. The minimum atomic E-state index is -1.29. The smallest absolute Gasteiger partial charge is 0.249 e. The average molecular weight is 1040 g/mol. The first-order chi connectivity index (χ1) is 36.5. The van der Waals surface area contributed by atoms with Crippen molar-refractivity contribution in [1.29, 1.82) is 0 Å². The highest BCUT2D eigenvalue weighted by Gasteiger charge is 2.28. The van der Waals surface area contributed by atoms with Gasteiger partial charge >= 0.3 is 0 Å². The Balaban J connectivity index is 3.58. The SMILES string of the molecule is CCCCCCCCCCCCC/C=C/CC/C=C/CC/C=C/CCCC(O)C(O)C(CO)NC(=O)C(O)CCCCCCCCCCCCCCCCCCCCCCCCCCCCCCCCCCCC. The van der Waals surface area contributed by atoms with Gasteiger partial charge in [-0.1, -0.05) is 333 Å². The normalized spacial score (nSPS) is 13.8. The van der Waals surface area contributed by atoms with Crippen LogP contribution < -0.4 is 5.32 Å². The number of nitrogens with one attached hydrogen (secondary N) is 1. The number of hydrogen-bond acceptors (Lipinski definition) is 5. The minimum absolute atomic E-state index is 0.362. The van der Waals surface area contributed by atoms with E-state index in [1.165, 1.54) is 276 Å². The van der Waals surface area contributed by atoms with Crippen LogP contribution in [0.5, 0.6) is 0 Å². The molecule has 0 aliphatic heterocycles. The summed E-state index contributed by atoms with van der Waals surface area (Å²) in [6, 6.07) is -1.01. The van der Waals surface area contributed by atoms with Crippen LogP contribution in [0.3, 0.4) is 0 Å². The molecule has 0 aromatic heterocycles. The van der Waals surface area contributed by atoms with Gasteiger partial charge in [0.05, 0.1) is 18.8 Å². The number of carbonyl (C=O) groups excluding carboxylic acids is 1. The number of amides is 1. The van der Waals surface area contributed by atoms with Gasteiger partial charge in [0, 0.05) is 0 Å². The van der Waals surface area contributed by atoms with E-state index in [4.69, 9.17) is 0 Å². The number of hydrogen-bond donors (Lipinski definition) is 5. The van der Waals surface area contributed by atoms with Gasteiger partial charge in [0.25, 0.3) is 0 Å². The molecule has 6 heteroatoms. The van der Waals surface area contributed by atoms with Crippen molar-refractivity contribution in [1.82, 2.24) is 5.32 Å². The number of aliphatic hydroxyl groups is 4. The fourth-order valence-corrected chi connectivity index (χ4v) is 10.6. The van der Waals surface area contributed by atoms with Crippen molar-refractivity contribution in [3.63, 3.8) is 0 Å². The monoisotopic (exact) mass is 1040 g/mol. The van der Waals surface area contributed by atoms with Crippen LogP contribution in [0.15, 0.2) is 36.5 Å². The van der Waals surface area contributed by atoms with Crippen LogP contribution in [0.25, 0.3) is 0 Å². The maximum Gasteiger partial charge on any atom is 0.249 e. The zero-order valence-corrected chi connectivity index (χ0v) is 49.9. The summed E-state index contributed by atoms with van der Waals surface area (Å²) in [6.07, 6.45) is 79.8. The van der Waals surface area contributed by atoms with Gasteiger partial charge in [-0.15, -0.1) is 0 Å². The molecular weight excluding hydrogens is 911 g/mol. The molecule has 4 atom stereocenters. The van der Waals surface area contributed by atoms with Crippen LogP contribution >= 0.6 is 0 Å². The van der Waals surface area contributed by atoms with Gasteiger partial charge in [-0.05, 0) is 64.2 Å². The Kier molecular flexibility index (Phi) is 61.1. The van der Waals surface area contributed by atoms with Gasteiger partial charge in [0.1, 0.15) is 12.2 Å². The number of aliphatic hydroxyl groups excluding tert-OH is 4. The Morgan fingerprint density at radius 3 is 0.851 bits per heavy atom. The third-order valence-electron chi connectivity index (χ3n) is 15.8. The highest BCUT2D eigenvalue weighted by Crippen LogP contribution is 2.19. The maximum atomic E-state index is 12.6. The van der Waals surface area contributed by atoms with E-state index in [2.05, 4.69) is 55.6 Å². The molecule has 0 saturated heterocycles. The molecule has 1 amide bonds. The van der Waals surface area contributed by atoms with Gasteiger partial charge in [-0.3, -0.25) is 4.79 Å². The third kappa shape index (κ3) is 55.3. The van der Waals surface area contributed by atoms with Crippen LogP contribution in [0.1, 0.15) is 361 Å². The van der Waals surface area contributed by atoms with E-state index in [0.717, 1.165) is 51.4 Å². The van der Waals surface area contributed by atoms with Crippen LogP contribution in [-0.4, -0.2) is 57.3 Å². The molecule has 6 nitrogen and oxygen atoms in total. The molecule has 0 aliphatic carbocycles. The first-order valence-electron chi connectivity index (χ1n) is 33.4. The molecule has 0 saturated carbocycles. The van der Waals surface area contributed by atoms with Gasteiger partial charge in [0.15, 0.2) is 0 Å². The molecule has 0 radical (unpaired) electrons. The van der Waals surface area contributed by atoms with Crippen molar-refractivity contribution in [2.45, 2.75) is 385 Å². The molecule has 74 heavy (non-hydrogen) atoms. The molecule has 4 unspecified atom stereocenters. The fourth-order valence-electron chi connectivity index (χ4n) is 10.6. The van der Waals surface area contributed by atoms with Gasteiger partial charge in [0.2, 0.25) is 5.91 Å². The van der Waals surface area contributed by atoms with Crippen molar-refractivity contribution >= 4 is 5.91 Å². The standard InChI is InChI=1S/C68H131NO5/c1-3-5-7-9-11-13-15-17-19-21-23-25-27-29-30-31-32-33-34-35-36-37-38-40-42-44-46-48-50-52-54-56-58-60-62-66(72)68(74)69-64(63-70)67(73)65(71)61-59-57-55-53-51-49-47-45-43-41-39-28-26-24-22-20-18-16-14-12-10-8-6-4-2/h28,39,45,47,53,55,64-67,70-73H,3-27,29-38,40-44,46,48-52,54,56-63H2,1-2H3,(H,69,74)/b39-28+,47-45+,55-53+. The first kappa shape index (κ1) is 72.5. The lowest BCUT2D eigenvalue weighted by molar-refractivity contribution is -0.132. The fraction of sp³-hybridized carbons (Fsp3) is 0.897. The van der Waals surface area contributed by atoms with Gasteiger partial charge < -0.3 is 25.7 Å². The lowest BCUT2D eigenvalue weighted by Gasteiger charge is -2.27. The summed E-state index contributed by atoms with van der Waals surface area (Å²) in [7, 11) is 0. The third-order valence-corrected chi connectivity index (χ3v) is 15.8. The van der Waals surface area contributed by atoms with Crippen molar-refractivity contribution in [3.8, 4) is 0 Å². The van der Waals surface area contributed by atoms with Crippen molar-refractivity contribution in [2.75, 3.05) is 6.61 Å². The molecule has 0 aliphatic rings. The molecule has 0 heterocycles. The molecule has 5 N–H and O–H groups in total. The Bertz CT molecular complexity index is 1170. The average Bonchev–Trinajstić information content (AvgIpc) is 3.41. The summed E-state index contributed by atoms with van der Waals surface area (Å²) in [5, 5.41) is 44.1. The topological polar surface area (TPSA) is 110 Å². The van der Waals surface area contributed by atoms with E-state index in [1.807, 2.05) is 0 Å². The number of allylic oxidation sites excluding steroid dienone is 6. The second-order valence-corrected chi connectivity index (χ2v) is 23.2. The quantitative estimate of drug-likeness (QED) is 0.0308. The van der Waals surface area contributed by atoms with Crippen LogP contribution in [0.2, 0.25) is 0 Å². The van der Waals surface area contributed by atoms with E-state index in [9.17, 15) is 25.2 Å². The maximum absolute atomic E-state index is 12.6. The summed E-state index contributed by atoms with van der Waals surface area (Å²) < 4.78 is 0. The van der Waals surface area contributed by atoms with Gasteiger partial charge in [-0.2, -0.15) is 0 Å². The lowest BCUT2D eigenvalue weighted by atomic mass is 10.00. The highest BCUT2D eigenvalue weighted by atomic mass is 16.3. The van der Waals surface area contributed by atoms with E-state index in [-0.39, 0.29) is 0 Å². The number of unbranched alkanes of at least 4 members (excludes halogenated alkanes) is 47. The summed E-state index contributed by atoms with van der Waals surface area (Å²) in [5.41, 5.74) is 0. The molecular formula is C68H131NO5. The number of carbonyl (C=O) groups is 1. The lowest BCUT2D eigenvalue weighted by Crippen LogP contribution is -2.53. The Morgan fingerprint density at radius 2 is 0.568 bits per heavy atom. The second kappa shape index (κ2) is 62.4. The predicted molar refractivity (Wildman–Crippen MR) is 325 cm³/mol. The Hall–Kier alpha value is -1.47. The van der Waals surface area contributed by atoms with Crippen molar-refractivity contribution in [3.05, 3.63) is 36.5 Å². The molecule has 0 fully saturated rings. The van der Waals surface area contributed by atoms with Crippen molar-refractivity contribution in [2.24, 2.45) is 0 Å². The first-order valence-corrected chi connectivity index (χ1v) is 33.4. The minimum Gasteiger partial charge on any atom is -0.394 e. The van der Waals surface area contributed by atoms with E-state index in [1.54, 1.807) is 0 Å². The Labute approximate surface area is 462 Å². The van der Waals surface area contributed by atoms with Crippen molar-refractivity contribution < 1.29 is 25.2 Å². The molecule has 0 bridgehead atoms. The summed E-state index contributed by atoms with van der Waals surface area (Å²) in [5.74, 6) is -0.593. The molecule has 0 rings (SSSR count). The molecule has 438 valence electrons. The summed E-state index contributed by atoms with van der Waals surface area (Å²) >= 11 is 0. The zero-order valence-electron chi connectivity index (χ0n) is 49.9. The van der Waals surface area contributed by atoms with E-state index < -0.39 is 36.9 Å². The van der Waals surface area contributed by atoms with E-state index in [0.29, 0.717) is 19.3 Å². The van der Waals surface area contributed by atoms with E-state index >= 15 is 0 Å². The summed E-state index contributed by atoms with van der Waals surface area (Å²) in [6.45, 7) is 4.08. The predicted octanol–water partition coefficient (Wildman–Crippen LogP) is 20.3. The van der Waals surface area contributed by atoms with Crippen LogP contribution in [0, 0.1) is 0 Å². The second-order valence-electron chi connectivity index (χ2n) is 23.2. The molecule has 0 spiro atoms. The van der Waals surface area contributed by atoms with Gasteiger partial charge in [-0.25, -0.2) is 0 Å². The van der Waals surface area contributed by atoms with Crippen LogP contribution in [0.4, 0.5) is 0 Å². The highest BCUT2D eigenvalue weighted by molar-refractivity contribution is 5.80. The molecule has 0 aromatic rings. The Morgan fingerprint density at radius 1 is 0.324 bits per heavy atom. The zero-order chi connectivity index (χ0) is 53.7. The number of rotatable bonds is 62. The van der Waals surface area contributed by atoms with Crippen LogP contribution in [-0.2, 0) is 4.79 Å². The molecule has 0 aromatic carbocycles.